The number of phenols is 2. The maximum atomic E-state index is 10.9. The van der Waals surface area contributed by atoms with E-state index >= 15 is 0 Å². The summed E-state index contributed by atoms with van der Waals surface area (Å²) in [7, 11) is 0. The molecular formula is C21H17N3O4. The first kappa shape index (κ1) is 18.8. The summed E-state index contributed by atoms with van der Waals surface area (Å²) in [6.07, 6.45) is 1.35. The third-order valence-corrected chi connectivity index (χ3v) is 4.03. The Hall–Kier alpha value is -4.00. The summed E-state index contributed by atoms with van der Waals surface area (Å²) in [5.41, 5.74) is 2.38. The van der Waals surface area contributed by atoms with Gasteiger partial charge < -0.3 is 10.2 Å². The van der Waals surface area contributed by atoms with E-state index < -0.39 is 4.92 Å². The van der Waals surface area contributed by atoms with Crippen molar-refractivity contribution in [1.82, 2.24) is 0 Å². The first-order chi connectivity index (χ1) is 13.5. The van der Waals surface area contributed by atoms with E-state index in [1.54, 1.807) is 49.4 Å². The summed E-state index contributed by atoms with van der Waals surface area (Å²) >= 11 is 0. The summed E-state index contributed by atoms with van der Waals surface area (Å²) in [5, 5.41) is 30.8. The summed E-state index contributed by atoms with van der Waals surface area (Å²) in [5.74, 6) is 0.0203. The summed E-state index contributed by atoms with van der Waals surface area (Å²) in [6.45, 7) is 1.78. The fraction of sp³-hybridized carbons (Fsp3) is 0.0476. The molecule has 28 heavy (non-hydrogen) atoms. The Morgan fingerprint density at radius 2 is 1.64 bits per heavy atom. The first-order valence-corrected chi connectivity index (χ1v) is 8.40. The van der Waals surface area contributed by atoms with Gasteiger partial charge in [0.05, 0.1) is 16.3 Å². The number of para-hydroxylation sites is 3. The largest absolute Gasteiger partial charge is 0.507 e. The van der Waals surface area contributed by atoms with Gasteiger partial charge in [0.2, 0.25) is 0 Å². The molecule has 0 bridgehead atoms. The van der Waals surface area contributed by atoms with Gasteiger partial charge >= 0.3 is 0 Å². The summed E-state index contributed by atoms with van der Waals surface area (Å²) in [6, 6.07) is 17.7. The Morgan fingerprint density at radius 1 is 0.964 bits per heavy atom. The molecule has 140 valence electrons. The lowest BCUT2D eigenvalue weighted by atomic mass is 10.1. The molecule has 3 aromatic rings. The lowest BCUT2D eigenvalue weighted by Gasteiger charge is -2.06. The number of non-ortho nitro benzene ring substituents is 1. The number of nitro benzene ring substituents is 1. The van der Waals surface area contributed by atoms with Crippen LogP contribution in [0.2, 0.25) is 0 Å². The van der Waals surface area contributed by atoms with Crippen molar-refractivity contribution in [2.24, 2.45) is 9.98 Å². The molecule has 0 aliphatic heterocycles. The topological polar surface area (TPSA) is 108 Å². The highest BCUT2D eigenvalue weighted by Gasteiger charge is 2.09. The van der Waals surface area contributed by atoms with E-state index in [4.69, 9.17) is 0 Å². The first-order valence-electron chi connectivity index (χ1n) is 8.40. The molecule has 0 saturated carbocycles. The average Bonchev–Trinajstić information content (AvgIpc) is 2.68. The molecule has 0 aliphatic carbocycles. The molecule has 0 spiro atoms. The van der Waals surface area contributed by atoms with Crippen LogP contribution in [0.1, 0.15) is 18.1 Å². The molecule has 2 N–H and O–H groups in total. The molecular weight excluding hydrogens is 358 g/mol. The van der Waals surface area contributed by atoms with E-state index in [0.29, 0.717) is 22.6 Å². The minimum atomic E-state index is -0.537. The van der Waals surface area contributed by atoms with Gasteiger partial charge in [0.25, 0.3) is 5.69 Å². The van der Waals surface area contributed by atoms with Crippen molar-refractivity contribution >= 4 is 29.0 Å². The SMILES string of the molecule is CC(=Nc1ccccc1N=Cc1cc([N+](=O)[O-])ccc1O)c1ccccc1O. The number of hydrogen-bond donors (Lipinski definition) is 2. The van der Waals surface area contributed by atoms with E-state index in [2.05, 4.69) is 9.98 Å². The Balaban J connectivity index is 1.97. The van der Waals surface area contributed by atoms with Crippen molar-refractivity contribution in [3.63, 3.8) is 0 Å². The van der Waals surface area contributed by atoms with Crippen molar-refractivity contribution in [3.8, 4) is 11.5 Å². The molecule has 0 unspecified atom stereocenters. The van der Waals surface area contributed by atoms with Gasteiger partial charge in [0, 0.05) is 35.2 Å². The Morgan fingerprint density at radius 3 is 2.36 bits per heavy atom. The van der Waals surface area contributed by atoms with E-state index in [0.717, 1.165) is 0 Å². The smallest absolute Gasteiger partial charge is 0.270 e. The molecule has 3 rings (SSSR count). The number of hydrogen-bond acceptors (Lipinski definition) is 6. The summed E-state index contributed by atoms with van der Waals surface area (Å²) in [4.78, 5) is 19.3. The molecule has 0 fully saturated rings. The Bertz CT molecular complexity index is 1090. The average molecular weight is 375 g/mol. The Labute approximate surface area is 161 Å². The number of nitrogens with zero attached hydrogens (tertiary/aromatic N) is 3. The van der Waals surface area contributed by atoms with E-state index in [-0.39, 0.29) is 22.7 Å². The zero-order valence-electron chi connectivity index (χ0n) is 15.0. The second-order valence-corrected chi connectivity index (χ2v) is 5.96. The lowest BCUT2D eigenvalue weighted by Crippen LogP contribution is -1.94. The van der Waals surface area contributed by atoms with Gasteiger partial charge in [0.1, 0.15) is 11.5 Å². The van der Waals surface area contributed by atoms with Crippen molar-refractivity contribution in [2.75, 3.05) is 0 Å². The van der Waals surface area contributed by atoms with Crippen LogP contribution in [-0.4, -0.2) is 27.1 Å². The van der Waals surface area contributed by atoms with Crippen molar-refractivity contribution in [1.29, 1.82) is 0 Å². The standard InChI is InChI=1S/C21H17N3O4/c1-14(17-6-2-5-9-21(17)26)23-19-8-4-3-7-18(19)22-13-15-12-16(24(27)28)10-11-20(15)25/h2-13,25-26H,1H3. The van der Waals surface area contributed by atoms with Crippen LogP contribution in [-0.2, 0) is 0 Å². The fourth-order valence-corrected chi connectivity index (χ4v) is 2.59. The summed E-state index contributed by atoms with van der Waals surface area (Å²) < 4.78 is 0. The minimum absolute atomic E-state index is 0.110. The predicted octanol–water partition coefficient (Wildman–Crippen LogP) is 4.90. The number of phenolic OH excluding ortho intramolecular Hbond substituents is 2. The van der Waals surface area contributed by atoms with E-state index in [9.17, 15) is 20.3 Å². The van der Waals surface area contributed by atoms with Crippen LogP contribution >= 0.6 is 0 Å². The van der Waals surface area contributed by atoms with Crippen LogP contribution < -0.4 is 0 Å². The van der Waals surface area contributed by atoms with Gasteiger partial charge in [-0.2, -0.15) is 0 Å². The van der Waals surface area contributed by atoms with Crippen molar-refractivity contribution in [2.45, 2.75) is 6.92 Å². The lowest BCUT2D eigenvalue weighted by molar-refractivity contribution is -0.384. The quantitative estimate of drug-likeness (QED) is 0.376. The zero-order valence-corrected chi connectivity index (χ0v) is 15.0. The Kier molecular flexibility index (Phi) is 5.45. The molecule has 0 amide bonds. The number of nitro groups is 1. The highest BCUT2D eigenvalue weighted by molar-refractivity contribution is 6.03. The molecule has 0 aliphatic rings. The number of aromatic hydroxyl groups is 2. The number of rotatable bonds is 5. The maximum absolute atomic E-state index is 10.9. The number of benzene rings is 3. The molecule has 0 saturated heterocycles. The molecule has 0 atom stereocenters. The fourth-order valence-electron chi connectivity index (χ4n) is 2.59. The van der Waals surface area contributed by atoms with Gasteiger partial charge in [-0.3, -0.25) is 20.1 Å². The number of aliphatic imine (C=N–C) groups is 2. The van der Waals surface area contributed by atoms with Crippen LogP contribution in [0.5, 0.6) is 11.5 Å². The maximum Gasteiger partial charge on any atom is 0.270 e. The van der Waals surface area contributed by atoms with Gasteiger partial charge in [-0.05, 0) is 37.3 Å². The molecule has 7 heteroatoms. The van der Waals surface area contributed by atoms with Crippen molar-refractivity contribution in [3.05, 3.63) is 88.0 Å². The molecule has 3 aromatic carbocycles. The van der Waals surface area contributed by atoms with E-state index in [1.807, 2.05) is 6.07 Å². The highest BCUT2D eigenvalue weighted by Crippen LogP contribution is 2.30. The molecule has 7 nitrogen and oxygen atoms in total. The highest BCUT2D eigenvalue weighted by atomic mass is 16.6. The predicted molar refractivity (Wildman–Crippen MR) is 108 cm³/mol. The van der Waals surface area contributed by atoms with Crippen LogP contribution in [0.25, 0.3) is 0 Å². The zero-order chi connectivity index (χ0) is 20.1. The van der Waals surface area contributed by atoms with Crippen LogP contribution in [0, 0.1) is 10.1 Å². The minimum Gasteiger partial charge on any atom is -0.507 e. The third-order valence-electron chi connectivity index (χ3n) is 4.03. The van der Waals surface area contributed by atoms with Crippen LogP contribution in [0.4, 0.5) is 17.1 Å². The van der Waals surface area contributed by atoms with E-state index in [1.165, 1.54) is 24.4 Å². The second kappa shape index (κ2) is 8.13. The van der Waals surface area contributed by atoms with Gasteiger partial charge in [-0.15, -0.1) is 0 Å². The normalized spacial score (nSPS) is 11.7. The van der Waals surface area contributed by atoms with Crippen LogP contribution in [0.15, 0.2) is 76.7 Å². The van der Waals surface area contributed by atoms with Gasteiger partial charge in [0.15, 0.2) is 0 Å². The molecule has 0 aromatic heterocycles. The molecule has 0 radical (unpaired) electrons. The second-order valence-electron chi connectivity index (χ2n) is 5.96. The molecule has 0 heterocycles. The third kappa shape index (κ3) is 4.21. The van der Waals surface area contributed by atoms with Gasteiger partial charge in [-0.25, -0.2) is 0 Å². The van der Waals surface area contributed by atoms with Crippen molar-refractivity contribution < 1.29 is 15.1 Å². The van der Waals surface area contributed by atoms with Crippen LogP contribution in [0.3, 0.4) is 0 Å². The monoisotopic (exact) mass is 375 g/mol. The van der Waals surface area contributed by atoms with Gasteiger partial charge in [-0.1, -0.05) is 24.3 Å².